The molecule has 1 aromatic heterocycles. The quantitative estimate of drug-likeness (QED) is 0.597. The minimum atomic E-state index is -0.448. The van der Waals surface area contributed by atoms with Gasteiger partial charge < -0.3 is 19.9 Å². The maximum absolute atomic E-state index is 12.9. The van der Waals surface area contributed by atoms with Gasteiger partial charge in [-0.3, -0.25) is 0 Å². The lowest BCUT2D eigenvalue weighted by Crippen LogP contribution is -2.40. The molecule has 0 fully saturated rings. The molecule has 2 amide bonds. The number of hydrogen-bond acceptors (Lipinski definition) is 3. The van der Waals surface area contributed by atoms with Gasteiger partial charge >= 0.3 is 6.03 Å². The summed E-state index contributed by atoms with van der Waals surface area (Å²) in [6.07, 6.45) is 3.58. The van der Waals surface area contributed by atoms with Crippen LogP contribution in [0.2, 0.25) is 0 Å². The van der Waals surface area contributed by atoms with Gasteiger partial charge in [-0.15, -0.1) is 0 Å². The number of amides is 2. The van der Waals surface area contributed by atoms with E-state index in [1.54, 1.807) is 13.3 Å². The second-order valence-corrected chi connectivity index (χ2v) is 7.73. The normalized spacial score (nSPS) is 13.0. The molecule has 6 heteroatoms. The van der Waals surface area contributed by atoms with E-state index in [1.165, 1.54) is 5.56 Å². The first-order valence-corrected chi connectivity index (χ1v) is 10.2. The van der Waals surface area contributed by atoms with Crippen LogP contribution in [0.15, 0.2) is 60.9 Å². The molecule has 0 saturated heterocycles. The second-order valence-electron chi connectivity index (χ2n) is 7.73. The fraction of sp³-hybridized carbons (Fsp3) is 0.333. The number of carbonyl (C=O) groups is 1. The fourth-order valence-electron chi connectivity index (χ4n) is 3.46. The monoisotopic (exact) mass is 406 g/mol. The Morgan fingerprint density at radius 3 is 2.27 bits per heavy atom. The summed E-state index contributed by atoms with van der Waals surface area (Å²) in [6.45, 7) is 6.31. The van der Waals surface area contributed by atoms with Gasteiger partial charge in [0.1, 0.15) is 17.6 Å². The van der Waals surface area contributed by atoms with Gasteiger partial charge in [-0.25, -0.2) is 9.78 Å². The van der Waals surface area contributed by atoms with E-state index in [2.05, 4.69) is 53.7 Å². The lowest BCUT2D eigenvalue weighted by molar-refractivity contribution is 0.235. The van der Waals surface area contributed by atoms with Gasteiger partial charge in [-0.1, -0.05) is 56.3 Å². The van der Waals surface area contributed by atoms with E-state index in [4.69, 9.17) is 4.74 Å². The number of nitrogens with one attached hydrogen (secondary N) is 2. The first kappa shape index (κ1) is 21.4. The van der Waals surface area contributed by atoms with Crippen molar-refractivity contribution in [3.63, 3.8) is 0 Å². The van der Waals surface area contributed by atoms with Gasteiger partial charge in [0.15, 0.2) is 0 Å². The van der Waals surface area contributed by atoms with Crippen LogP contribution in [0.3, 0.4) is 0 Å². The van der Waals surface area contributed by atoms with Crippen LogP contribution in [0.1, 0.15) is 61.3 Å². The Bertz CT molecular complexity index is 979. The molecule has 0 aliphatic carbocycles. The van der Waals surface area contributed by atoms with Crippen LogP contribution in [0, 0.1) is 0 Å². The zero-order chi connectivity index (χ0) is 21.7. The van der Waals surface area contributed by atoms with Crippen LogP contribution in [-0.2, 0) is 7.05 Å². The van der Waals surface area contributed by atoms with Crippen molar-refractivity contribution in [2.24, 2.45) is 7.05 Å². The number of imidazole rings is 1. The number of aryl methyl sites for hydroxylation is 1. The van der Waals surface area contributed by atoms with Crippen molar-refractivity contribution in [2.45, 2.75) is 38.8 Å². The molecule has 158 valence electrons. The molecule has 0 bridgehead atoms. The molecule has 0 radical (unpaired) electrons. The third-order valence-electron chi connectivity index (χ3n) is 5.29. The first-order chi connectivity index (χ1) is 14.4. The molecule has 6 nitrogen and oxygen atoms in total. The van der Waals surface area contributed by atoms with Gasteiger partial charge in [0, 0.05) is 25.0 Å². The highest BCUT2D eigenvalue weighted by atomic mass is 16.5. The predicted molar refractivity (Wildman–Crippen MR) is 119 cm³/mol. The molecule has 0 aliphatic rings. The molecule has 2 atom stereocenters. The number of hydrogen-bond donors (Lipinski definition) is 2. The molecule has 0 saturated carbocycles. The summed E-state index contributed by atoms with van der Waals surface area (Å²) in [7, 11) is 3.53. The minimum absolute atomic E-state index is 0.133. The number of rotatable bonds is 7. The first-order valence-electron chi connectivity index (χ1n) is 10.2. The smallest absolute Gasteiger partial charge is 0.316 e. The summed E-state index contributed by atoms with van der Waals surface area (Å²) in [6, 6.07) is 15.1. The topological polar surface area (TPSA) is 68.2 Å². The second kappa shape index (κ2) is 9.48. The lowest BCUT2D eigenvalue weighted by atomic mass is 10.00. The van der Waals surface area contributed by atoms with E-state index in [9.17, 15) is 4.79 Å². The van der Waals surface area contributed by atoms with Gasteiger partial charge in [0.05, 0.1) is 13.2 Å². The zero-order valence-corrected chi connectivity index (χ0v) is 18.2. The van der Waals surface area contributed by atoms with Gasteiger partial charge in [-0.2, -0.15) is 0 Å². The third kappa shape index (κ3) is 4.82. The number of urea groups is 1. The Balaban J connectivity index is 1.79. The van der Waals surface area contributed by atoms with E-state index in [-0.39, 0.29) is 12.1 Å². The average Bonchev–Trinajstić information content (AvgIpc) is 3.17. The van der Waals surface area contributed by atoms with Crippen molar-refractivity contribution in [3.8, 4) is 5.75 Å². The molecule has 2 aromatic carbocycles. The number of para-hydroxylation sites is 1. The van der Waals surface area contributed by atoms with E-state index in [1.807, 2.05) is 49.0 Å². The standard InChI is InChI=1S/C24H30N4O2/c1-16(2)18-10-12-19(13-11-18)17(3)26-24(29)27-22(23-25-14-15-28(23)4)20-8-6-7-9-21(20)30-5/h6-17,22H,1-5H3,(H2,26,27,29)/t17-,22+/m1/s1. The molecular formula is C24H30N4O2. The fourth-order valence-corrected chi connectivity index (χ4v) is 3.46. The lowest BCUT2D eigenvalue weighted by Gasteiger charge is -2.23. The largest absolute Gasteiger partial charge is 0.496 e. The number of carbonyl (C=O) groups excluding carboxylic acids is 1. The summed E-state index contributed by atoms with van der Waals surface area (Å²) in [5.74, 6) is 1.90. The summed E-state index contributed by atoms with van der Waals surface area (Å²) in [5, 5.41) is 6.10. The van der Waals surface area contributed by atoms with Crippen molar-refractivity contribution in [1.82, 2.24) is 20.2 Å². The summed E-state index contributed by atoms with van der Waals surface area (Å²) >= 11 is 0. The SMILES string of the molecule is COc1ccccc1[C@H](NC(=O)N[C@H](C)c1ccc(C(C)C)cc1)c1nccn1C. The van der Waals surface area contributed by atoms with Crippen molar-refractivity contribution in [1.29, 1.82) is 0 Å². The Labute approximate surface area is 178 Å². The van der Waals surface area contributed by atoms with Crippen LogP contribution in [0.5, 0.6) is 5.75 Å². The highest BCUT2D eigenvalue weighted by Crippen LogP contribution is 2.29. The molecule has 0 unspecified atom stereocenters. The summed E-state index contributed by atoms with van der Waals surface area (Å²) in [4.78, 5) is 17.3. The van der Waals surface area contributed by atoms with Crippen molar-refractivity contribution in [3.05, 3.63) is 83.4 Å². The molecule has 0 aliphatic heterocycles. The summed E-state index contributed by atoms with van der Waals surface area (Å²) in [5.41, 5.74) is 3.18. The number of methoxy groups -OCH3 is 1. The van der Waals surface area contributed by atoms with Crippen molar-refractivity contribution in [2.75, 3.05) is 7.11 Å². The number of ether oxygens (including phenoxy) is 1. The Morgan fingerprint density at radius 2 is 1.67 bits per heavy atom. The maximum Gasteiger partial charge on any atom is 0.316 e. The number of aromatic nitrogens is 2. The van der Waals surface area contributed by atoms with Gasteiger partial charge in [-0.05, 0) is 30.0 Å². The van der Waals surface area contributed by atoms with Crippen LogP contribution in [0.4, 0.5) is 4.79 Å². The van der Waals surface area contributed by atoms with Crippen LogP contribution >= 0.6 is 0 Å². The zero-order valence-electron chi connectivity index (χ0n) is 18.2. The highest BCUT2D eigenvalue weighted by molar-refractivity contribution is 5.75. The Kier molecular flexibility index (Phi) is 6.77. The molecule has 3 rings (SSSR count). The van der Waals surface area contributed by atoms with Gasteiger partial charge in [0.25, 0.3) is 0 Å². The Morgan fingerprint density at radius 1 is 1.00 bits per heavy atom. The van der Waals surface area contributed by atoms with E-state index in [0.29, 0.717) is 11.7 Å². The molecule has 1 heterocycles. The average molecular weight is 407 g/mol. The number of benzene rings is 2. The third-order valence-corrected chi connectivity index (χ3v) is 5.29. The van der Waals surface area contributed by atoms with Gasteiger partial charge in [0.2, 0.25) is 0 Å². The minimum Gasteiger partial charge on any atom is -0.496 e. The Hall–Kier alpha value is -3.28. The van der Waals surface area contributed by atoms with Crippen LogP contribution in [-0.4, -0.2) is 22.7 Å². The molecular weight excluding hydrogens is 376 g/mol. The van der Waals surface area contributed by atoms with Crippen molar-refractivity contribution < 1.29 is 9.53 Å². The summed E-state index contributed by atoms with van der Waals surface area (Å²) < 4.78 is 7.41. The van der Waals surface area contributed by atoms with E-state index < -0.39 is 6.04 Å². The van der Waals surface area contributed by atoms with E-state index in [0.717, 1.165) is 17.0 Å². The molecule has 30 heavy (non-hydrogen) atoms. The predicted octanol–water partition coefficient (Wildman–Crippen LogP) is 4.70. The maximum atomic E-state index is 12.9. The molecule has 3 aromatic rings. The molecule has 0 spiro atoms. The van der Waals surface area contributed by atoms with E-state index >= 15 is 0 Å². The molecule has 2 N–H and O–H groups in total. The van der Waals surface area contributed by atoms with Crippen LogP contribution < -0.4 is 15.4 Å². The van der Waals surface area contributed by atoms with Crippen LogP contribution in [0.25, 0.3) is 0 Å². The highest BCUT2D eigenvalue weighted by Gasteiger charge is 2.24. The van der Waals surface area contributed by atoms with Crippen molar-refractivity contribution >= 4 is 6.03 Å². The number of nitrogens with zero attached hydrogens (tertiary/aromatic N) is 2.